The average molecular weight is 324 g/mol. The van der Waals surface area contributed by atoms with Gasteiger partial charge in [0.15, 0.2) is 17.5 Å². The van der Waals surface area contributed by atoms with Crippen molar-refractivity contribution in [2.24, 2.45) is 5.92 Å². The largest absolute Gasteiger partial charge is 0.380 e. The second kappa shape index (κ2) is 6.73. The van der Waals surface area contributed by atoms with Crippen molar-refractivity contribution in [3.05, 3.63) is 29.6 Å². The number of hydrogen-bond donors (Lipinski definition) is 2. The Kier molecular flexibility index (Phi) is 5.20. The van der Waals surface area contributed by atoms with Crippen LogP contribution in [0.2, 0.25) is 0 Å². The van der Waals surface area contributed by atoms with Gasteiger partial charge in [0, 0.05) is 25.6 Å². The first-order chi connectivity index (χ1) is 9.92. The Bertz CT molecular complexity index is 602. The smallest absolute Gasteiger partial charge is 0.243 e. The summed E-state index contributed by atoms with van der Waals surface area (Å²) in [6.45, 7) is 2.11. The van der Waals surface area contributed by atoms with Crippen molar-refractivity contribution in [3.63, 3.8) is 0 Å². The summed E-state index contributed by atoms with van der Waals surface area (Å²) in [5, 5.41) is 3.06. The molecule has 1 unspecified atom stereocenters. The van der Waals surface area contributed by atoms with Crippen LogP contribution in [-0.4, -0.2) is 41.3 Å². The van der Waals surface area contributed by atoms with Gasteiger partial charge in [-0.1, -0.05) is 0 Å². The number of ether oxygens (including phenoxy) is 1. The zero-order valence-electron chi connectivity index (χ0n) is 11.0. The molecule has 5 nitrogen and oxygen atoms in total. The van der Waals surface area contributed by atoms with E-state index in [0.29, 0.717) is 38.4 Å². The van der Waals surface area contributed by atoms with Crippen molar-refractivity contribution in [1.29, 1.82) is 0 Å². The topological polar surface area (TPSA) is 67.4 Å². The number of sulfonamides is 1. The highest BCUT2D eigenvalue weighted by molar-refractivity contribution is 7.89. The zero-order valence-corrected chi connectivity index (χ0v) is 11.9. The fraction of sp³-hybridized carbons (Fsp3) is 0.500. The van der Waals surface area contributed by atoms with Crippen LogP contribution in [0.25, 0.3) is 0 Å². The molecule has 0 radical (unpaired) electrons. The van der Waals surface area contributed by atoms with Gasteiger partial charge in [-0.05, 0) is 12.1 Å². The normalized spacial score (nSPS) is 20.2. The molecule has 0 aliphatic carbocycles. The molecule has 0 spiro atoms. The molecule has 1 aromatic rings. The molecule has 2 N–H and O–H groups in total. The maximum absolute atomic E-state index is 13.5. The van der Waals surface area contributed by atoms with Crippen molar-refractivity contribution in [3.8, 4) is 0 Å². The summed E-state index contributed by atoms with van der Waals surface area (Å²) in [4.78, 5) is -0.913. The third-order valence-electron chi connectivity index (χ3n) is 3.06. The lowest BCUT2D eigenvalue weighted by atomic mass is 10.2. The van der Waals surface area contributed by atoms with Crippen LogP contribution in [0.3, 0.4) is 0 Å². The Hall–Kier alpha value is -1.16. The summed E-state index contributed by atoms with van der Waals surface area (Å²) in [7, 11) is -4.26. The fourth-order valence-electron chi connectivity index (χ4n) is 1.91. The molecule has 1 aromatic carbocycles. The van der Waals surface area contributed by atoms with Gasteiger partial charge in [0.2, 0.25) is 10.0 Å². The first-order valence-corrected chi connectivity index (χ1v) is 7.82. The molecule has 1 atom stereocenters. The van der Waals surface area contributed by atoms with E-state index >= 15 is 0 Å². The second-order valence-corrected chi connectivity index (χ2v) is 6.41. The van der Waals surface area contributed by atoms with Gasteiger partial charge in [0.05, 0.1) is 13.2 Å². The van der Waals surface area contributed by atoms with Crippen LogP contribution in [0.4, 0.5) is 13.2 Å². The van der Waals surface area contributed by atoms with Crippen LogP contribution >= 0.6 is 0 Å². The highest BCUT2D eigenvalue weighted by Crippen LogP contribution is 2.19. The summed E-state index contributed by atoms with van der Waals surface area (Å²) in [5.74, 6) is -5.10. The number of rotatable bonds is 4. The Labute approximate surface area is 120 Å². The van der Waals surface area contributed by atoms with Crippen LogP contribution in [-0.2, 0) is 14.8 Å². The maximum atomic E-state index is 13.5. The molecule has 1 heterocycles. The lowest BCUT2D eigenvalue weighted by Crippen LogP contribution is -2.35. The SMILES string of the molecule is O=S(=O)(NCC1CNCCOC1)c1ccc(F)c(F)c1F. The lowest BCUT2D eigenvalue weighted by Gasteiger charge is -2.15. The summed E-state index contributed by atoms with van der Waals surface area (Å²) >= 11 is 0. The van der Waals surface area contributed by atoms with Crippen LogP contribution in [0, 0.1) is 23.4 Å². The molecular weight excluding hydrogens is 309 g/mol. The Morgan fingerprint density at radius 3 is 2.81 bits per heavy atom. The monoisotopic (exact) mass is 324 g/mol. The highest BCUT2D eigenvalue weighted by Gasteiger charge is 2.25. The summed E-state index contributed by atoms with van der Waals surface area (Å²) in [6, 6.07) is 1.27. The van der Waals surface area contributed by atoms with Crippen LogP contribution in [0.1, 0.15) is 0 Å². The number of halogens is 3. The van der Waals surface area contributed by atoms with Gasteiger partial charge >= 0.3 is 0 Å². The third-order valence-corrected chi connectivity index (χ3v) is 4.50. The van der Waals surface area contributed by atoms with Crippen molar-refractivity contribution in [1.82, 2.24) is 10.0 Å². The molecule has 0 aromatic heterocycles. The van der Waals surface area contributed by atoms with Crippen molar-refractivity contribution < 1.29 is 26.3 Å². The molecule has 118 valence electrons. The van der Waals surface area contributed by atoms with Crippen molar-refractivity contribution in [2.45, 2.75) is 4.90 Å². The first kappa shape index (κ1) is 16.2. The molecule has 1 fully saturated rings. The van der Waals surface area contributed by atoms with E-state index in [1.54, 1.807) is 0 Å². The molecule has 21 heavy (non-hydrogen) atoms. The van der Waals surface area contributed by atoms with Crippen LogP contribution in [0.15, 0.2) is 17.0 Å². The number of hydrogen-bond acceptors (Lipinski definition) is 4. The standard InChI is InChI=1S/C12H15F3N2O3S/c13-9-1-2-10(12(15)11(9)14)21(18,19)17-6-8-5-16-3-4-20-7-8/h1-2,8,16-17H,3-7H2. The maximum Gasteiger partial charge on any atom is 0.243 e. The van der Waals surface area contributed by atoms with Gasteiger partial charge in [-0.3, -0.25) is 0 Å². The van der Waals surface area contributed by atoms with E-state index in [4.69, 9.17) is 4.74 Å². The van der Waals surface area contributed by atoms with E-state index in [0.717, 1.165) is 0 Å². The molecule has 0 amide bonds. The summed E-state index contributed by atoms with van der Waals surface area (Å²) in [6.07, 6.45) is 0. The zero-order chi connectivity index (χ0) is 15.5. The molecule has 0 saturated carbocycles. The van der Waals surface area contributed by atoms with Crippen molar-refractivity contribution in [2.75, 3.05) is 32.8 Å². The molecule has 2 rings (SSSR count). The number of nitrogens with one attached hydrogen (secondary N) is 2. The molecule has 1 saturated heterocycles. The molecule has 1 aliphatic rings. The van der Waals surface area contributed by atoms with Gasteiger partial charge in [0.25, 0.3) is 0 Å². The Balaban J connectivity index is 2.09. The van der Waals surface area contributed by atoms with Gasteiger partial charge in [-0.15, -0.1) is 0 Å². The fourth-order valence-corrected chi connectivity index (χ4v) is 3.09. The lowest BCUT2D eigenvalue weighted by molar-refractivity contribution is 0.124. The third kappa shape index (κ3) is 3.94. The van der Waals surface area contributed by atoms with Gasteiger partial charge in [-0.25, -0.2) is 26.3 Å². The van der Waals surface area contributed by atoms with E-state index < -0.39 is 32.4 Å². The first-order valence-electron chi connectivity index (χ1n) is 6.33. The van der Waals surface area contributed by atoms with E-state index in [9.17, 15) is 21.6 Å². The summed E-state index contributed by atoms with van der Waals surface area (Å²) in [5.41, 5.74) is 0. The molecule has 1 aliphatic heterocycles. The highest BCUT2D eigenvalue weighted by atomic mass is 32.2. The van der Waals surface area contributed by atoms with Crippen molar-refractivity contribution >= 4 is 10.0 Å². The predicted molar refractivity (Wildman–Crippen MR) is 68.7 cm³/mol. The molecule has 9 heteroatoms. The Morgan fingerprint density at radius 1 is 1.29 bits per heavy atom. The second-order valence-electron chi connectivity index (χ2n) is 4.67. The van der Waals surface area contributed by atoms with Crippen LogP contribution < -0.4 is 10.0 Å². The van der Waals surface area contributed by atoms with Crippen LogP contribution in [0.5, 0.6) is 0 Å². The van der Waals surface area contributed by atoms with Gasteiger partial charge < -0.3 is 10.1 Å². The minimum atomic E-state index is -4.26. The van der Waals surface area contributed by atoms with E-state index in [-0.39, 0.29) is 12.5 Å². The minimum absolute atomic E-state index is 0.00771. The quantitative estimate of drug-likeness (QED) is 0.797. The van der Waals surface area contributed by atoms with E-state index in [2.05, 4.69) is 10.0 Å². The Morgan fingerprint density at radius 2 is 2.05 bits per heavy atom. The minimum Gasteiger partial charge on any atom is -0.380 e. The molecular formula is C12H15F3N2O3S. The number of benzene rings is 1. The summed E-state index contributed by atoms with van der Waals surface area (Å²) < 4.78 is 70.8. The molecule has 0 bridgehead atoms. The van der Waals surface area contributed by atoms with E-state index in [1.807, 2.05) is 0 Å². The van der Waals surface area contributed by atoms with E-state index in [1.165, 1.54) is 0 Å². The van der Waals surface area contributed by atoms with Gasteiger partial charge in [-0.2, -0.15) is 0 Å². The average Bonchev–Trinajstić information content (AvgIpc) is 2.71. The predicted octanol–water partition coefficient (Wildman–Crippen LogP) is 0.618. The van der Waals surface area contributed by atoms with Gasteiger partial charge in [0.1, 0.15) is 4.90 Å².